The molecule has 1 aliphatic rings. The lowest BCUT2D eigenvalue weighted by Gasteiger charge is -2.33. The van der Waals surface area contributed by atoms with Crippen molar-refractivity contribution in [2.45, 2.75) is 38.3 Å². The molecule has 0 aromatic heterocycles. The molecule has 16 heavy (non-hydrogen) atoms. The molecule has 2 rings (SSSR count). The van der Waals surface area contributed by atoms with Crippen LogP contribution in [0.15, 0.2) is 24.3 Å². The van der Waals surface area contributed by atoms with Crippen molar-refractivity contribution in [3.8, 4) is 0 Å². The number of rotatable bonds is 3. The van der Waals surface area contributed by atoms with Gasteiger partial charge in [-0.25, -0.2) is 0 Å². The van der Waals surface area contributed by atoms with Crippen molar-refractivity contribution >= 4 is 5.91 Å². The average Bonchev–Trinajstić information content (AvgIpc) is 2.19. The summed E-state index contributed by atoms with van der Waals surface area (Å²) in [4.78, 5) is 11.7. The van der Waals surface area contributed by atoms with Crippen LogP contribution in [0.3, 0.4) is 0 Å². The summed E-state index contributed by atoms with van der Waals surface area (Å²) in [6.45, 7) is 2.03. The van der Waals surface area contributed by atoms with Crippen molar-refractivity contribution in [1.29, 1.82) is 0 Å². The molecule has 0 aliphatic heterocycles. The highest BCUT2D eigenvalue weighted by molar-refractivity contribution is 5.79. The molecule has 1 aromatic rings. The Morgan fingerprint density at radius 3 is 2.75 bits per heavy atom. The van der Waals surface area contributed by atoms with Crippen LogP contribution >= 0.6 is 0 Å². The normalized spacial score (nSPS) is 23.6. The lowest BCUT2D eigenvalue weighted by molar-refractivity contribution is -0.121. The van der Waals surface area contributed by atoms with E-state index in [0.717, 1.165) is 18.4 Å². The van der Waals surface area contributed by atoms with Crippen LogP contribution in [0.25, 0.3) is 0 Å². The lowest BCUT2D eigenvalue weighted by atomic mass is 9.87. The molecule has 0 atom stereocenters. The number of carbonyl (C=O) groups is 1. The van der Waals surface area contributed by atoms with E-state index in [4.69, 9.17) is 5.73 Å². The first-order valence-electron chi connectivity index (χ1n) is 5.74. The number of aryl methyl sites for hydroxylation is 1. The minimum Gasteiger partial charge on any atom is -0.353 e. The maximum absolute atomic E-state index is 11.7. The van der Waals surface area contributed by atoms with Gasteiger partial charge in [0.2, 0.25) is 5.91 Å². The quantitative estimate of drug-likeness (QED) is 0.799. The van der Waals surface area contributed by atoms with Gasteiger partial charge in [0, 0.05) is 12.1 Å². The fraction of sp³-hybridized carbons (Fsp3) is 0.462. The number of amides is 1. The monoisotopic (exact) mass is 218 g/mol. The average molecular weight is 218 g/mol. The van der Waals surface area contributed by atoms with Gasteiger partial charge >= 0.3 is 0 Å². The molecule has 3 nitrogen and oxygen atoms in total. The van der Waals surface area contributed by atoms with Crippen LogP contribution in [0.5, 0.6) is 0 Å². The Morgan fingerprint density at radius 1 is 1.44 bits per heavy atom. The fourth-order valence-electron chi connectivity index (χ4n) is 2.04. The first-order valence-corrected chi connectivity index (χ1v) is 5.74. The van der Waals surface area contributed by atoms with E-state index in [1.807, 2.05) is 31.2 Å². The van der Waals surface area contributed by atoms with Gasteiger partial charge in [0.05, 0.1) is 6.42 Å². The van der Waals surface area contributed by atoms with Crippen LogP contribution in [0, 0.1) is 6.92 Å². The second-order valence-electron chi connectivity index (χ2n) is 4.60. The largest absolute Gasteiger partial charge is 0.353 e. The van der Waals surface area contributed by atoms with E-state index < -0.39 is 0 Å². The Morgan fingerprint density at radius 2 is 2.12 bits per heavy atom. The van der Waals surface area contributed by atoms with Crippen LogP contribution in [0.4, 0.5) is 0 Å². The van der Waals surface area contributed by atoms with Crippen molar-refractivity contribution in [3.05, 3.63) is 35.4 Å². The summed E-state index contributed by atoms with van der Waals surface area (Å²) >= 11 is 0. The van der Waals surface area contributed by atoms with Gasteiger partial charge < -0.3 is 11.1 Å². The lowest BCUT2D eigenvalue weighted by Crippen LogP contribution is -2.50. The van der Waals surface area contributed by atoms with Gasteiger partial charge in [0.1, 0.15) is 0 Å². The third-order valence-corrected chi connectivity index (χ3v) is 3.15. The molecule has 0 spiro atoms. The van der Waals surface area contributed by atoms with Gasteiger partial charge in [-0.3, -0.25) is 4.79 Å². The van der Waals surface area contributed by atoms with Crippen LogP contribution in [0.1, 0.15) is 24.0 Å². The molecule has 0 bridgehead atoms. The molecule has 0 heterocycles. The van der Waals surface area contributed by atoms with Gasteiger partial charge in [-0.1, -0.05) is 24.3 Å². The van der Waals surface area contributed by atoms with E-state index in [0.29, 0.717) is 12.5 Å². The summed E-state index contributed by atoms with van der Waals surface area (Å²) in [5, 5.41) is 3.00. The number of hydrogen-bond donors (Lipinski definition) is 2. The predicted octanol–water partition coefficient (Wildman–Crippen LogP) is 1.14. The molecule has 0 saturated heterocycles. The zero-order chi connectivity index (χ0) is 11.5. The minimum atomic E-state index is 0.103. The number of hydrogen-bond acceptors (Lipinski definition) is 2. The second-order valence-corrected chi connectivity index (χ2v) is 4.60. The maximum atomic E-state index is 11.7. The van der Waals surface area contributed by atoms with Gasteiger partial charge in [-0.05, 0) is 30.9 Å². The highest BCUT2D eigenvalue weighted by atomic mass is 16.1. The molecule has 1 aliphatic carbocycles. The van der Waals surface area contributed by atoms with Crippen molar-refractivity contribution in [2.24, 2.45) is 5.73 Å². The smallest absolute Gasteiger partial charge is 0.224 e. The molecule has 1 amide bonds. The Labute approximate surface area is 96.0 Å². The minimum absolute atomic E-state index is 0.103. The zero-order valence-corrected chi connectivity index (χ0v) is 9.57. The number of nitrogens with two attached hydrogens (primary N) is 1. The summed E-state index contributed by atoms with van der Waals surface area (Å²) in [6, 6.07) is 8.56. The highest BCUT2D eigenvalue weighted by Gasteiger charge is 2.26. The van der Waals surface area contributed by atoms with Crippen molar-refractivity contribution in [3.63, 3.8) is 0 Å². The Bertz CT molecular complexity index is 383. The van der Waals surface area contributed by atoms with Crippen LogP contribution < -0.4 is 11.1 Å². The molecular formula is C13H18N2O. The molecule has 0 radical (unpaired) electrons. The van der Waals surface area contributed by atoms with Crippen molar-refractivity contribution in [2.75, 3.05) is 0 Å². The van der Waals surface area contributed by atoms with Gasteiger partial charge in [-0.2, -0.15) is 0 Å². The molecule has 1 saturated carbocycles. The van der Waals surface area contributed by atoms with Crippen LogP contribution in [-0.2, 0) is 11.2 Å². The van der Waals surface area contributed by atoms with Crippen LogP contribution in [-0.4, -0.2) is 18.0 Å². The first-order chi connectivity index (χ1) is 7.65. The molecule has 1 fully saturated rings. The topological polar surface area (TPSA) is 55.1 Å². The van der Waals surface area contributed by atoms with Crippen LogP contribution in [0.2, 0.25) is 0 Å². The summed E-state index contributed by atoms with van der Waals surface area (Å²) in [5.74, 6) is 0.103. The Hall–Kier alpha value is -1.35. The zero-order valence-electron chi connectivity index (χ0n) is 9.57. The van der Waals surface area contributed by atoms with Gasteiger partial charge in [0.15, 0.2) is 0 Å². The highest BCUT2D eigenvalue weighted by Crippen LogP contribution is 2.17. The van der Waals surface area contributed by atoms with Gasteiger partial charge in [-0.15, -0.1) is 0 Å². The molecular weight excluding hydrogens is 200 g/mol. The van der Waals surface area contributed by atoms with E-state index in [-0.39, 0.29) is 11.9 Å². The Kier molecular flexibility index (Phi) is 3.25. The standard InChI is InChI=1S/C13H18N2O/c1-9-4-2-3-5-10(9)6-13(16)15-12-7-11(14)8-12/h2-5,11-12H,6-8,14H2,1H3,(H,15,16). The molecule has 86 valence electrons. The van der Waals surface area contributed by atoms with E-state index in [1.165, 1.54) is 5.56 Å². The summed E-state index contributed by atoms with van der Waals surface area (Å²) in [5.41, 5.74) is 7.94. The summed E-state index contributed by atoms with van der Waals surface area (Å²) in [7, 11) is 0. The van der Waals surface area contributed by atoms with Crippen molar-refractivity contribution < 1.29 is 4.79 Å². The number of carbonyl (C=O) groups excluding carboxylic acids is 1. The molecule has 1 aromatic carbocycles. The third-order valence-electron chi connectivity index (χ3n) is 3.15. The fourth-order valence-corrected chi connectivity index (χ4v) is 2.04. The predicted molar refractivity (Wildman–Crippen MR) is 64.0 cm³/mol. The summed E-state index contributed by atoms with van der Waals surface area (Å²) in [6.07, 6.45) is 2.30. The number of benzene rings is 1. The maximum Gasteiger partial charge on any atom is 0.224 e. The molecule has 0 unspecified atom stereocenters. The summed E-state index contributed by atoms with van der Waals surface area (Å²) < 4.78 is 0. The van der Waals surface area contributed by atoms with Gasteiger partial charge in [0.25, 0.3) is 0 Å². The molecule has 3 N–H and O–H groups in total. The van der Waals surface area contributed by atoms with E-state index in [9.17, 15) is 4.79 Å². The van der Waals surface area contributed by atoms with Crippen molar-refractivity contribution in [1.82, 2.24) is 5.32 Å². The van der Waals surface area contributed by atoms with E-state index in [2.05, 4.69) is 5.32 Å². The van der Waals surface area contributed by atoms with E-state index >= 15 is 0 Å². The number of nitrogens with one attached hydrogen (secondary N) is 1. The Balaban J connectivity index is 1.85. The molecule has 3 heteroatoms. The van der Waals surface area contributed by atoms with E-state index in [1.54, 1.807) is 0 Å². The first kappa shape index (κ1) is 11.1. The second kappa shape index (κ2) is 4.66. The third kappa shape index (κ3) is 2.61. The SMILES string of the molecule is Cc1ccccc1CC(=O)NC1CC(N)C1.